The molecule has 0 aliphatic heterocycles. The molecule has 0 unspecified atom stereocenters. The number of rotatable bonds is 5. The number of hydrogen-bond acceptors (Lipinski definition) is 2. The highest BCUT2D eigenvalue weighted by atomic mass is 16.5. The van der Waals surface area contributed by atoms with Gasteiger partial charge in [-0.05, 0) is 24.0 Å². The lowest BCUT2D eigenvalue weighted by Gasteiger charge is -2.24. The van der Waals surface area contributed by atoms with E-state index in [1.807, 2.05) is 0 Å². The molecular weight excluding hydrogens is 212 g/mol. The average molecular weight is 234 g/mol. The largest absolute Gasteiger partial charge is 0.395 e. The van der Waals surface area contributed by atoms with Gasteiger partial charge in [-0.3, -0.25) is 0 Å². The van der Waals surface area contributed by atoms with Crippen LogP contribution in [0.5, 0.6) is 0 Å². The molecule has 1 saturated carbocycles. The molecule has 0 aromatic heterocycles. The van der Waals surface area contributed by atoms with Crippen molar-refractivity contribution in [2.45, 2.75) is 37.5 Å². The summed E-state index contributed by atoms with van der Waals surface area (Å²) in [6, 6.07) is 8.62. The molecule has 94 valence electrons. The Morgan fingerprint density at radius 3 is 2.59 bits per heavy atom. The van der Waals surface area contributed by atoms with Gasteiger partial charge in [0.25, 0.3) is 0 Å². The minimum atomic E-state index is -0.167. The Bertz CT molecular complexity index is 392. The number of aliphatic hydroxyl groups is 1. The first-order valence-corrected chi connectivity index (χ1v) is 6.25. The fraction of sp³-hybridized carbons (Fsp3) is 0.600. The summed E-state index contributed by atoms with van der Waals surface area (Å²) in [7, 11) is 1.77. The van der Waals surface area contributed by atoms with E-state index < -0.39 is 0 Å². The van der Waals surface area contributed by atoms with E-state index in [1.54, 1.807) is 7.11 Å². The summed E-state index contributed by atoms with van der Waals surface area (Å²) < 4.78 is 5.33. The van der Waals surface area contributed by atoms with Crippen LogP contribution in [0.1, 0.15) is 37.8 Å². The first-order chi connectivity index (χ1) is 8.04. The van der Waals surface area contributed by atoms with E-state index in [0.717, 1.165) is 6.61 Å². The summed E-state index contributed by atoms with van der Waals surface area (Å²) >= 11 is 0. The summed E-state index contributed by atoms with van der Waals surface area (Å²) in [5, 5.41) is 9.44. The third-order valence-electron chi connectivity index (χ3n) is 3.93. The SMILES string of the molecule is COCC1(c2cccc(C(C)(C)CO)c2)CC1. The normalized spacial score (nSPS) is 18.1. The van der Waals surface area contributed by atoms with Crippen LogP contribution in [-0.4, -0.2) is 25.4 Å². The van der Waals surface area contributed by atoms with Crippen molar-refractivity contribution >= 4 is 0 Å². The molecule has 0 saturated heterocycles. The smallest absolute Gasteiger partial charge is 0.0559 e. The molecule has 1 fully saturated rings. The zero-order chi connectivity index (χ0) is 12.5. The molecule has 1 aromatic rings. The van der Waals surface area contributed by atoms with Gasteiger partial charge in [0.2, 0.25) is 0 Å². The monoisotopic (exact) mass is 234 g/mol. The number of benzene rings is 1. The minimum Gasteiger partial charge on any atom is -0.395 e. The predicted molar refractivity (Wildman–Crippen MR) is 69.3 cm³/mol. The van der Waals surface area contributed by atoms with Crippen LogP contribution in [0.2, 0.25) is 0 Å². The molecule has 1 aliphatic rings. The third kappa shape index (κ3) is 2.38. The second kappa shape index (κ2) is 4.43. The lowest BCUT2D eigenvalue weighted by atomic mass is 9.83. The van der Waals surface area contributed by atoms with Gasteiger partial charge in [0, 0.05) is 17.9 Å². The van der Waals surface area contributed by atoms with Gasteiger partial charge in [-0.15, -0.1) is 0 Å². The fourth-order valence-electron chi connectivity index (χ4n) is 2.30. The zero-order valence-electron chi connectivity index (χ0n) is 11.0. The molecule has 0 heterocycles. The second-order valence-electron chi connectivity index (χ2n) is 5.84. The standard InChI is InChI=1S/C15H22O2/c1-14(2,10-16)12-5-4-6-13(9-12)15(7-8-15)11-17-3/h4-6,9,16H,7-8,10-11H2,1-3H3. The molecule has 2 rings (SSSR count). The lowest BCUT2D eigenvalue weighted by Crippen LogP contribution is -2.23. The minimum absolute atomic E-state index is 0.167. The summed E-state index contributed by atoms with van der Waals surface area (Å²) in [6.45, 7) is 5.12. The number of ether oxygens (including phenoxy) is 1. The van der Waals surface area contributed by atoms with Gasteiger partial charge in [0.1, 0.15) is 0 Å². The van der Waals surface area contributed by atoms with Gasteiger partial charge in [-0.1, -0.05) is 38.1 Å². The van der Waals surface area contributed by atoms with Crippen LogP contribution in [0.15, 0.2) is 24.3 Å². The number of hydrogen-bond donors (Lipinski definition) is 1. The van der Waals surface area contributed by atoms with Crippen molar-refractivity contribution in [1.82, 2.24) is 0 Å². The molecule has 0 radical (unpaired) electrons. The van der Waals surface area contributed by atoms with Crippen LogP contribution >= 0.6 is 0 Å². The van der Waals surface area contributed by atoms with Crippen molar-refractivity contribution in [1.29, 1.82) is 0 Å². The van der Waals surface area contributed by atoms with Crippen LogP contribution in [-0.2, 0) is 15.6 Å². The van der Waals surface area contributed by atoms with E-state index in [4.69, 9.17) is 4.74 Å². The number of methoxy groups -OCH3 is 1. The molecule has 0 amide bonds. The second-order valence-corrected chi connectivity index (χ2v) is 5.84. The van der Waals surface area contributed by atoms with Gasteiger partial charge in [-0.25, -0.2) is 0 Å². The Balaban J connectivity index is 2.29. The highest BCUT2D eigenvalue weighted by Crippen LogP contribution is 2.48. The fourth-order valence-corrected chi connectivity index (χ4v) is 2.30. The Morgan fingerprint density at radius 1 is 1.35 bits per heavy atom. The Morgan fingerprint density at radius 2 is 2.06 bits per heavy atom. The number of aliphatic hydroxyl groups excluding tert-OH is 1. The van der Waals surface area contributed by atoms with Gasteiger partial charge in [0.05, 0.1) is 13.2 Å². The predicted octanol–water partition coefficient (Wildman–Crippen LogP) is 2.63. The van der Waals surface area contributed by atoms with Crippen molar-refractivity contribution in [2.75, 3.05) is 20.3 Å². The molecule has 2 nitrogen and oxygen atoms in total. The first kappa shape index (κ1) is 12.6. The molecule has 0 spiro atoms. The topological polar surface area (TPSA) is 29.5 Å². The van der Waals surface area contributed by atoms with Gasteiger partial charge in [-0.2, -0.15) is 0 Å². The van der Waals surface area contributed by atoms with Crippen molar-refractivity contribution in [3.05, 3.63) is 35.4 Å². The van der Waals surface area contributed by atoms with Crippen molar-refractivity contribution in [3.8, 4) is 0 Å². The van der Waals surface area contributed by atoms with Crippen LogP contribution in [0, 0.1) is 0 Å². The zero-order valence-corrected chi connectivity index (χ0v) is 11.0. The molecule has 2 heteroatoms. The molecule has 17 heavy (non-hydrogen) atoms. The maximum Gasteiger partial charge on any atom is 0.0559 e. The highest BCUT2D eigenvalue weighted by Gasteiger charge is 2.44. The molecule has 0 atom stereocenters. The van der Waals surface area contributed by atoms with Crippen LogP contribution < -0.4 is 0 Å². The van der Waals surface area contributed by atoms with Crippen LogP contribution in [0.25, 0.3) is 0 Å². The van der Waals surface area contributed by atoms with Crippen molar-refractivity contribution in [3.63, 3.8) is 0 Å². The molecule has 1 aromatic carbocycles. The van der Waals surface area contributed by atoms with E-state index in [-0.39, 0.29) is 17.4 Å². The van der Waals surface area contributed by atoms with E-state index in [9.17, 15) is 5.11 Å². The van der Waals surface area contributed by atoms with E-state index in [0.29, 0.717) is 0 Å². The molecular formula is C15H22O2. The maximum atomic E-state index is 9.44. The Hall–Kier alpha value is -0.860. The molecule has 1 N–H and O–H groups in total. The molecule has 1 aliphatic carbocycles. The summed E-state index contributed by atoms with van der Waals surface area (Å²) in [6.07, 6.45) is 2.42. The van der Waals surface area contributed by atoms with Gasteiger partial charge in [0.15, 0.2) is 0 Å². The van der Waals surface area contributed by atoms with E-state index >= 15 is 0 Å². The first-order valence-electron chi connectivity index (χ1n) is 6.25. The summed E-state index contributed by atoms with van der Waals surface area (Å²) in [4.78, 5) is 0. The van der Waals surface area contributed by atoms with Crippen molar-refractivity contribution in [2.24, 2.45) is 0 Å². The van der Waals surface area contributed by atoms with E-state index in [1.165, 1.54) is 24.0 Å². The van der Waals surface area contributed by atoms with Crippen molar-refractivity contribution < 1.29 is 9.84 Å². The quantitative estimate of drug-likeness (QED) is 0.848. The summed E-state index contributed by atoms with van der Waals surface area (Å²) in [5.74, 6) is 0. The van der Waals surface area contributed by atoms with Crippen LogP contribution in [0.3, 0.4) is 0 Å². The maximum absolute atomic E-state index is 9.44. The van der Waals surface area contributed by atoms with Gasteiger partial charge >= 0.3 is 0 Å². The Kier molecular flexibility index (Phi) is 3.28. The van der Waals surface area contributed by atoms with E-state index in [2.05, 4.69) is 38.1 Å². The average Bonchev–Trinajstić information content (AvgIpc) is 3.11. The van der Waals surface area contributed by atoms with Crippen LogP contribution in [0.4, 0.5) is 0 Å². The summed E-state index contributed by atoms with van der Waals surface area (Å²) in [5.41, 5.74) is 2.65. The third-order valence-corrected chi connectivity index (χ3v) is 3.93. The Labute approximate surface area is 104 Å². The van der Waals surface area contributed by atoms with Gasteiger partial charge < -0.3 is 9.84 Å². The lowest BCUT2D eigenvalue weighted by molar-refractivity contribution is 0.171. The highest BCUT2D eigenvalue weighted by molar-refractivity contribution is 5.37. The molecule has 0 bridgehead atoms.